The molecule has 0 unspecified atom stereocenters. The number of rotatable bonds is 4. The van der Waals surface area contributed by atoms with Crippen molar-refractivity contribution in [3.8, 4) is 11.4 Å². The molecule has 2 aliphatic rings. The minimum absolute atomic E-state index is 0.118. The molecule has 0 aliphatic carbocycles. The highest BCUT2D eigenvalue weighted by Gasteiger charge is 2.45. The van der Waals surface area contributed by atoms with Crippen LogP contribution in [0.1, 0.15) is 12.5 Å². The zero-order valence-corrected chi connectivity index (χ0v) is 14.5. The summed E-state index contributed by atoms with van der Waals surface area (Å²) < 4.78 is 43.3. The number of tetrazole rings is 1. The van der Waals surface area contributed by atoms with Crippen LogP contribution in [-0.2, 0) is 14.3 Å². The van der Waals surface area contributed by atoms with Crippen molar-refractivity contribution in [2.45, 2.75) is 30.4 Å². The Morgan fingerprint density at radius 1 is 1.31 bits per heavy atom. The summed E-state index contributed by atoms with van der Waals surface area (Å²) in [5, 5.41) is 7.99. The molecule has 2 aliphatic heterocycles. The minimum Gasteiger partial charge on any atom is -0.420 e. The number of Topliss-reactive ketones (excluding diaryl/α,β-unsaturated/α-hetero) is 1. The first-order valence-corrected chi connectivity index (χ1v) is 8.31. The number of nitrogens with zero attached hydrogens (tertiary/aromatic N) is 4. The summed E-state index contributed by atoms with van der Waals surface area (Å²) in [6.45, 7) is 0.272. The lowest BCUT2D eigenvalue weighted by molar-refractivity contribution is -0.156. The van der Waals surface area contributed by atoms with Gasteiger partial charge in [-0.3, -0.25) is 4.79 Å². The topological polar surface area (TPSA) is 80.4 Å². The van der Waals surface area contributed by atoms with Crippen LogP contribution < -0.4 is 4.74 Å². The fourth-order valence-electron chi connectivity index (χ4n) is 2.88. The molecule has 0 amide bonds. The number of aromatic nitrogens is 4. The Bertz CT molecular complexity index is 898. The number of halogens is 3. The highest BCUT2D eigenvalue weighted by Crippen LogP contribution is 2.32. The largest absolute Gasteiger partial charge is 0.487 e. The van der Waals surface area contributed by atoms with Gasteiger partial charge in [-0.25, -0.2) is 4.68 Å². The van der Waals surface area contributed by atoms with Gasteiger partial charge in [0.15, 0.2) is 5.78 Å². The molecule has 1 aromatic heterocycles. The zero-order valence-electron chi connectivity index (χ0n) is 12.9. The molecule has 3 heterocycles. The number of ether oxygens (including phenoxy) is 3. The Kier molecular flexibility index (Phi) is 4.26. The standard InChI is InChI=1S/C14H11ClF2N4O4S/c15-14(16,17)25-8-3-1-7(2-4-8)20-13(26)21(19-18-20)9-5-10(22)12-23-6-11(9)24-12/h1-4,9,11-12H,5-6H2/t9-,11-,12+/m1/s1. The van der Waals surface area contributed by atoms with Crippen molar-refractivity contribution < 1.29 is 27.8 Å². The first kappa shape index (κ1) is 17.5. The van der Waals surface area contributed by atoms with Gasteiger partial charge in [0.25, 0.3) is 0 Å². The molecule has 0 spiro atoms. The summed E-state index contributed by atoms with van der Waals surface area (Å²) in [7, 11) is 0. The lowest BCUT2D eigenvalue weighted by Gasteiger charge is -2.25. The van der Waals surface area contributed by atoms with Crippen molar-refractivity contribution in [1.82, 2.24) is 19.8 Å². The maximum atomic E-state index is 12.7. The molecule has 26 heavy (non-hydrogen) atoms. The Morgan fingerprint density at radius 2 is 2.04 bits per heavy atom. The quantitative estimate of drug-likeness (QED) is 0.571. The Balaban J connectivity index is 1.60. The van der Waals surface area contributed by atoms with Gasteiger partial charge in [0.1, 0.15) is 11.9 Å². The number of alkyl halides is 3. The van der Waals surface area contributed by atoms with E-state index in [-0.39, 0.29) is 35.4 Å². The molecule has 12 heteroatoms. The number of carbonyl (C=O) groups excluding carboxylic acids is 1. The molecule has 0 N–H and O–H groups in total. The maximum Gasteiger partial charge on any atom is 0.487 e. The van der Waals surface area contributed by atoms with E-state index < -0.39 is 17.9 Å². The van der Waals surface area contributed by atoms with Crippen molar-refractivity contribution >= 4 is 29.6 Å². The van der Waals surface area contributed by atoms with Crippen LogP contribution in [0.4, 0.5) is 8.78 Å². The average molecular weight is 405 g/mol. The third-order valence-corrected chi connectivity index (χ3v) is 4.48. The first-order chi connectivity index (χ1) is 12.3. The van der Waals surface area contributed by atoms with Crippen LogP contribution in [0.3, 0.4) is 0 Å². The van der Waals surface area contributed by atoms with Crippen molar-refractivity contribution in [3.05, 3.63) is 29.0 Å². The number of hydrogen-bond acceptors (Lipinski definition) is 7. The summed E-state index contributed by atoms with van der Waals surface area (Å²) in [5.41, 5.74) is -3.31. The fourth-order valence-corrected chi connectivity index (χ4v) is 3.29. The minimum atomic E-state index is -3.80. The number of benzene rings is 1. The Morgan fingerprint density at radius 3 is 2.73 bits per heavy atom. The summed E-state index contributed by atoms with van der Waals surface area (Å²) in [5.74, 6) is -0.295. The summed E-state index contributed by atoms with van der Waals surface area (Å²) >= 11 is 10.1. The lowest BCUT2D eigenvalue weighted by atomic mass is 10.0. The van der Waals surface area contributed by atoms with E-state index >= 15 is 0 Å². The molecule has 2 bridgehead atoms. The Hall–Kier alpha value is -1.95. The predicted molar refractivity (Wildman–Crippen MR) is 84.9 cm³/mol. The third-order valence-electron chi connectivity index (χ3n) is 4.04. The van der Waals surface area contributed by atoms with Gasteiger partial charge in [-0.2, -0.15) is 4.68 Å². The number of hydrogen-bond donors (Lipinski definition) is 0. The molecule has 138 valence electrons. The van der Waals surface area contributed by atoms with E-state index in [1.165, 1.54) is 33.6 Å². The van der Waals surface area contributed by atoms with Gasteiger partial charge in [-0.05, 0) is 46.9 Å². The Labute approximate surface area is 155 Å². The van der Waals surface area contributed by atoms with E-state index in [4.69, 9.17) is 33.3 Å². The smallest absolute Gasteiger partial charge is 0.420 e. The van der Waals surface area contributed by atoms with Gasteiger partial charge < -0.3 is 14.2 Å². The fraction of sp³-hybridized carbons (Fsp3) is 0.429. The van der Waals surface area contributed by atoms with Gasteiger partial charge in [0.2, 0.25) is 11.1 Å². The normalized spacial score (nSPS) is 25.5. The van der Waals surface area contributed by atoms with Crippen LogP contribution >= 0.6 is 23.8 Å². The van der Waals surface area contributed by atoms with Crippen LogP contribution in [0.15, 0.2) is 24.3 Å². The maximum absolute atomic E-state index is 12.7. The number of fused-ring (bicyclic) bond motifs is 2. The summed E-state index contributed by atoms with van der Waals surface area (Å²) in [6.07, 6.45) is -0.968. The van der Waals surface area contributed by atoms with E-state index in [9.17, 15) is 13.6 Å². The SMILES string of the molecule is O=C1C[C@@H](n2nnn(-c3ccc(OC(F)(F)Cl)cc3)c2=S)[C@H]2CO[C@H]1O2. The summed E-state index contributed by atoms with van der Waals surface area (Å²) in [4.78, 5) is 11.9. The van der Waals surface area contributed by atoms with Gasteiger partial charge in [0.05, 0.1) is 18.3 Å². The van der Waals surface area contributed by atoms with Crippen LogP contribution in [0.25, 0.3) is 5.69 Å². The van der Waals surface area contributed by atoms with Gasteiger partial charge in [-0.15, -0.1) is 8.78 Å². The second-order valence-corrected chi connectivity index (χ2v) is 6.54. The van der Waals surface area contributed by atoms with Gasteiger partial charge in [-0.1, -0.05) is 0 Å². The van der Waals surface area contributed by atoms with Crippen molar-refractivity contribution in [3.63, 3.8) is 0 Å². The molecular weight excluding hydrogens is 394 g/mol. The highest BCUT2D eigenvalue weighted by atomic mass is 35.5. The molecule has 3 atom stereocenters. The second-order valence-electron chi connectivity index (χ2n) is 5.74. The molecule has 2 fully saturated rings. The van der Waals surface area contributed by atoms with Crippen LogP contribution in [-0.4, -0.2) is 50.1 Å². The summed E-state index contributed by atoms with van der Waals surface area (Å²) in [6, 6.07) is 5.14. The molecule has 0 saturated carbocycles. The monoisotopic (exact) mass is 404 g/mol. The molecule has 2 saturated heterocycles. The predicted octanol–water partition coefficient (Wildman–Crippen LogP) is 2.22. The van der Waals surface area contributed by atoms with Crippen molar-refractivity contribution in [1.29, 1.82) is 0 Å². The second kappa shape index (κ2) is 6.34. The molecule has 0 radical (unpaired) electrons. The van der Waals surface area contributed by atoms with Gasteiger partial charge >= 0.3 is 5.57 Å². The van der Waals surface area contributed by atoms with Crippen LogP contribution in [0.5, 0.6) is 5.75 Å². The van der Waals surface area contributed by atoms with Crippen molar-refractivity contribution in [2.24, 2.45) is 0 Å². The van der Waals surface area contributed by atoms with Crippen molar-refractivity contribution in [2.75, 3.05) is 6.61 Å². The van der Waals surface area contributed by atoms with E-state index in [0.717, 1.165) is 0 Å². The number of carbonyl (C=O) groups is 1. The first-order valence-electron chi connectivity index (χ1n) is 7.52. The van der Waals surface area contributed by atoms with Gasteiger partial charge in [0, 0.05) is 18.0 Å². The zero-order chi connectivity index (χ0) is 18.5. The molecule has 4 rings (SSSR count). The third kappa shape index (κ3) is 3.22. The average Bonchev–Trinajstić information content (AvgIpc) is 3.16. The van der Waals surface area contributed by atoms with Crippen LogP contribution in [0, 0.1) is 4.77 Å². The van der Waals surface area contributed by atoms with Crippen LogP contribution in [0.2, 0.25) is 0 Å². The highest BCUT2D eigenvalue weighted by molar-refractivity contribution is 7.71. The van der Waals surface area contributed by atoms with E-state index in [1.807, 2.05) is 0 Å². The molecule has 8 nitrogen and oxygen atoms in total. The molecule has 1 aromatic carbocycles. The van der Waals surface area contributed by atoms with E-state index in [0.29, 0.717) is 5.69 Å². The van der Waals surface area contributed by atoms with E-state index in [2.05, 4.69) is 15.2 Å². The lowest BCUT2D eigenvalue weighted by Crippen LogP contribution is -2.37. The molecular formula is C14H11ClF2N4O4S. The van der Waals surface area contributed by atoms with E-state index in [1.54, 1.807) is 0 Å². The molecule has 2 aromatic rings. The number of ketones is 1.